The summed E-state index contributed by atoms with van der Waals surface area (Å²) in [6, 6.07) is 0.623. The molecule has 1 aliphatic rings. The minimum Gasteiger partial charge on any atom is -0.396 e. The lowest BCUT2D eigenvalue weighted by atomic mass is 9.93. The number of hydrogen-bond donors (Lipinski definition) is 3. The summed E-state index contributed by atoms with van der Waals surface area (Å²) in [5.41, 5.74) is 0. The first-order valence-electron chi connectivity index (χ1n) is 7.54. The Morgan fingerprint density at radius 3 is 2.44 bits per heavy atom. The van der Waals surface area contributed by atoms with E-state index in [2.05, 4.69) is 17.1 Å². The average Bonchev–Trinajstić information content (AvgIpc) is 2.43. The Hall–Kier alpha value is -0.160. The third-order valence-electron chi connectivity index (χ3n) is 3.90. The highest BCUT2D eigenvalue weighted by molar-refractivity contribution is 4.80. The Morgan fingerprint density at radius 1 is 1.17 bits per heavy atom. The van der Waals surface area contributed by atoms with Gasteiger partial charge in [-0.05, 0) is 32.2 Å². The summed E-state index contributed by atoms with van der Waals surface area (Å²) >= 11 is 0. The van der Waals surface area contributed by atoms with Crippen molar-refractivity contribution in [3.8, 4) is 0 Å². The van der Waals surface area contributed by atoms with Gasteiger partial charge < -0.3 is 15.5 Å². The van der Waals surface area contributed by atoms with Gasteiger partial charge in [0.25, 0.3) is 0 Å². The molecular weight excluding hydrogens is 228 g/mol. The van der Waals surface area contributed by atoms with Gasteiger partial charge in [0.2, 0.25) is 0 Å². The molecule has 1 rings (SSSR count). The predicted molar refractivity (Wildman–Crippen MR) is 74.4 cm³/mol. The molecule has 1 unspecified atom stereocenters. The third-order valence-corrected chi connectivity index (χ3v) is 3.90. The van der Waals surface area contributed by atoms with Crippen LogP contribution < -0.4 is 5.32 Å². The second-order valence-corrected chi connectivity index (χ2v) is 5.21. The highest BCUT2D eigenvalue weighted by atomic mass is 16.3. The highest BCUT2D eigenvalue weighted by Crippen LogP contribution is 2.24. The predicted octanol–water partition coefficient (Wildman–Crippen LogP) is 1.32. The van der Waals surface area contributed by atoms with Crippen molar-refractivity contribution in [2.75, 3.05) is 26.3 Å². The van der Waals surface area contributed by atoms with E-state index in [1.807, 2.05) is 0 Å². The van der Waals surface area contributed by atoms with Crippen molar-refractivity contribution in [3.63, 3.8) is 0 Å². The van der Waals surface area contributed by atoms with Crippen molar-refractivity contribution in [1.29, 1.82) is 0 Å². The van der Waals surface area contributed by atoms with Gasteiger partial charge in [-0.3, -0.25) is 4.90 Å². The minimum atomic E-state index is 0.231. The molecule has 0 aliphatic heterocycles. The maximum atomic E-state index is 9.27. The van der Waals surface area contributed by atoms with Crippen molar-refractivity contribution in [2.24, 2.45) is 0 Å². The van der Waals surface area contributed by atoms with E-state index in [0.717, 1.165) is 25.9 Å². The maximum Gasteiger partial charge on any atom is 0.0597 e. The molecule has 0 heterocycles. The molecule has 1 fully saturated rings. The maximum absolute atomic E-state index is 9.27. The summed E-state index contributed by atoms with van der Waals surface area (Å²) in [5.74, 6) is 0. The molecular formula is C14H30N2O2. The van der Waals surface area contributed by atoms with Crippen LogP contribution in [0.1, 0.15) is 51.9 Å². The van der Waals surface area contributed by atoms with Crippen molar-refractivity contribution in [3.05, 3.63) is 0 Å². The fourth-order valence-corrected chi connectivity index (χ4v) is 2.96. The van der Waals surface area contributed by atoms with Gasteiger partial charge in [0, 0.05) is 19.2 Å². The van der Waals surface area contributed by atoms with Crippen LogP contribution in [0.2, 0.25) is 0 Å². The Kier molecular flexibility index (Phi) is 8.59. The number of aliphatic hydroxyl groups excluding tert-OH is 2. The first kappa shape index (κ1) is 15.9. The molecule has 108 valence electrons. The molecule has 18 heavy (non-hydrogen) atoms. The van der Waals surface area contributed by atoms with E-state index in [4.69, 9.17) is 5.11 Å². The van der Waals surface area contributed by atoms with Crippen LogP contribution in [0.3, 0.4) is 0 Å². The van der Waals surface area contributed by atoms with Gasteiger partial charge in [-0.1, -0.05) is 26.2 Å². The van der Waals surface area contributed by atoms with Crippen LogP contribution >= 0.6 is 0 Å². The van der Waals surface area contributed by atoms with Crippen molar-refractivity contribution in [2.45, 2.75) is 64.1 Å². The smallest absolute Gasteiger partial charge is 0.0597 e. The molecule has 0 saturated heterocycles. The first-order valence-corrected chi connectivity index (χ1v) is 7.54. The molecule has 3 N–H and O–H groups in total. The summed E-state index contributed by atoms with van der Waals surface area (Å²) in [4.78, 5) is 2.44. The monoisotopic (exact) mass is 258 g/mol. The minimum absolute atomic E-state index is 0.231. The molecule has 1 atom stereocenters. The molecule has 0 amide bonds. The lowest BCUT2D eigenvalue weighted by Gasteiger charge is -2.39. The summed E-state index contributed by atoms with van der Waals surface area (Å²) < 4.78 is 0. The van der Waals surface area contributed by atoms with E-state index in [1.165, 1.54) is 32.1 Å². The standard InChI is InChI=1S/C14H30N2O2/c1-2-14(15-9-6-11-17)16(10-12-18)13-7-4-3-5-8-13/h13-15,17-18H,2-12H2,1H3. The van der Waals surface area contributed by atoms with Crippen LogP contribution in [0.15, 0.2) is 0 Å². The number of nitrogens with zero attached hydrogens (tertiary/aromatic N) is 1. The second-order valence-electron chi connectivity index (χ2n) is 5.21. The first-order chi connectivity index (χ1) is 8.83. The van der Waals surface area contributed by atoms with Gasteiger partial charge in [0.05, 0.1) is 12.8 Å². The fraction of sp³-hybridized carbons (Fsp3) is 1.00. The zero-order valence-corrected chi connectivity index (χ0v) is 11.8. The van der Waals surface area contributed by atoms with Gasteiger partial charge in [0.15, 0.2) is 0 Å². The van der Waals surface area contributed by atoms with E-state index in [1.54, 1.807) is 0 Å². The molecule has 0 aromatic heterocycles. The summed E-state index contributed by atoms with van der Waals surface area (Å²) in [6.07, 6.45) is 8.70. The highest BCUT2D eigenvalue weighted by Gasteiger charge is 2.25. The normalized spacial score (nSPS) is 19.3. The van der Waals surface area contributed by atoms with Crippen molar-refractivity contribution >= 4 is 0 Å². The van der Waals surface area contributed by atoms with E-state index in [-0.39, 0.29) is 13.2 Å². The number of aliphatic hydroxyl groups is 2. The zero-order valence-electron chi connectivity index (χ0n) is 11.8. The lowest BCUT2D eigenvalue weighted by Crippen LogP contribution is -2.52. The van der Waals surface area contributed by atoms with Crippen LogP contribution in [0.5, 0.6) is 0 Å². The Morgan fingerprint density at radius 2 is 1.89 bits per heavy atom. The quantitative estimate of drug-likeness (QED) is 0.431. The Bertz CT molecular complexity index is 196. The topological polar surface area (TPSA) is 55.7 Å². The average molecular weight is 258 g/mol. The Balaban J connectivity index is 2.49. The molecule has 0 spiro atoms. The zero-order chi connectivity index (χ0) is 13.2. The number of rotatable bonds is 9. The van der Waals surface area contributed by atoms with Crippen LogP contribution in [0, 0.1) is 0 Å². The molecule has 4 heteroatoms. The van der Waals surface area contributed by atoms with Gasteiger partial charge >= 0.3 is 0 Å². The summed E-state index contributed by atoms with van der Waals surface area (Å²) in [7, 11) is 0. The van der Waals surface area contributed by atoms with Gasteiger partial charge in [-0.15, -0.1) is 0 Å². The fourth-order valence-electron chi connectivity index (χ4n) is 2.96. The number of nitrogens with one attached hydrogen (secondary N) is 1. The third kappa shape index (κ3) is 5.22. The van der Waals surface area contributed by atoms with Gasteiger partial charge in [-0.25, -0.2) is 0 Å². The van der Waals surface area contributed by atoms with Crippen molar-refractivity contribution in [1.82, 2.24) is 10.2 Å². The summed E-state index contributed by atoms with van der Waals surface area (Å²) in [6.45, 7) is 4.27. The van der Waals surface area contributed by atoms with E-state index >= 15 is 0 Å². The largest absolute Gasteiger partial charge is 0.396 e. The van der Waals surface area contributed by atoms with E-state index in [0.29, 0.717) is 12.2 Å². The Labute approximate surface area is 111 Å². The van der Waals surface area contributed by atoms with Crippen molar-refractivity contribution < 1.29 is 10.2 Å². The van der Waals surface area contributed by atoms with Gasteiger partial charge in [0.1, 0.15) is 0 Å². The molecule has 0 aromatic carbocycles. The molecule has 0 radical (unpaired) electrons. The molecule has 1 aliphatic carbocycles. The second kappa shape index (κ2) is 9.73. The SMILES string of the molecule is CCC(NCCCO)N(CCO)C1CCCCC1. The molecule has 0 bridgehead atoms. The van der Waals surface area contributed by atoms with Crippen LogP contribution in [0.25, 0.3) is 0 Å². The van der Waals surface area contributed by atoms with Gasteiger partial charge in [-0.2, -0.15) is 0 Å². The van der Waals surface area contributed by atoms with E-state index < -0.39 is 0 Å². The van der Waals surface area contributed by atoms with E-state index in [9.17, 15) is 5.11 Å². The number of hydrogen-bond acceptors (Lipinski definition) is 4. The van der Waals surface area contributed by atoms with Crippen LogP contribution in [-0.4, -0.2) is 53.6 Å². The lowest BCUT2D eigenvalue weighted by molar-refractivity contribution is 0.0612. The molecule has 1 saturated carbocycles. The molecule has 0 aromatic rings. The van der Waals surface area contributed by atoms with Crippen LogP contribution in [0.4, 0.5) is 0 Å². The summed E-state index contributed by atoms with van der Waals surface area (Å²) in [5, 5.41) is 21.6. The van der Waals surface area contributed by atoms with Crippen LogP contribution in [-0.2, 0) is 0 Å². The molecule has 4 nitrogen and oxygen atoms in total.